The summed E-state index contributed by atoms with van der Waals surface area (Å²) in [7, 11) is 0. The van der Waals surface area contributed by atoms with E-state index in [1.807, 2.05) is 13.8 Å². The molecule has 1 aliphatic heterocycles. The van der Waals surface area contributed by atoms with Gasteiger partial charge in [0.2, 0.25) is 11.8 Å². The van der Waals surface area contributed by atoms with Crippen LogP contribution < -0.4 is 5.32 Å². The average molecular weight is 226 g/mol. The van der Waals surface area contributed by atoms with Crippen LogP contribution in [0.3, 0.4) is 0 Å². The minimum Gasteiger partial charge on any atom is -0.317 e. The van der Waals surface area contributed by atoms with Gasteiger partial charge in [0.05, 0.1) is 0 Å². The van der Waals surface area contributed by atoms with Gasteiger partial charge in [-0.05, 0) is 31.8 Å². The van der Waals surface area contributed by atoms with E-state index in [-0.39, 0.29) is 17.9 Å². The summed E-state index contributed by atoms with van der Waals surface area (Å²) in [5.41, 5.74) is 0. The monoisotopic (exact) mass is 226 g/mol. The van der Waals surface area contributed by atoms with Crippen LogP contribution in [0.1, 0.15) is 40.0 Å². The van der Waals surface area contributed by atoms with Gasteiger partial charge in [-0.15, -0.1) is 0 Å². The van der Waals surface area contributed by atoms with Crippen LogP contribution in [0, 0.1) is 5.92 Å². The first kappa shape index (κ1) is 13.2. The average Bonchev–Trinajstić information content (AvgIpc) is 2.17. The zero-order valence-corrected chi connectivity index (χ0v) is 10.5. The predicted molar refractivity (Wildman–Crippen MR) is 62.9 cm³/mol. The summed E-state index contributed by atoms with van der Waals surface area (Å²) in [4.78, 5) is 25.0. The van der Waals surface area contributed by atoms with E-state index in [1.54, 1.807) is 0 Å². The van der Waals surface area contributed by atoms with E-state index in [9.17, 15) is 9.59 Å². The fraction of sp³-hybridized carbons (Fsp3) is 0.833. The number of nitrogens with one attached hydrogen (secondary N) is 1. The first-order chi connectivity index (χ1) is 7.52. The van der Waals surface area contributed by atoms with Crippen molar-refractivity contribution < 1.29 is 9.59 Å². The highest BCUT2D eigenvalue weighted by Gasteiger charge is 2.28. The second-order valence-corrected chi connectivity index (χ2v) is 4.86. The molecule has 0 radical (unpaired) electrons. The van der Waals surface area contributed by atoms with Crippen LogP contribution in [0.5, 0.6) is 0 Å². The Kier molecular flexibility index (Phi) is 4.93. The predicted octanol–water partition coefficient (Wildman–Crippen LogP) is 1.16. The molecule has 0 spiro atoms. The lowest BCUT2D eigenvalue weighted by Crippen LogP contribution is -2.48. The summed E-state index contributed by atoms with van der Waals surface area (Å²) in [5, 5.41) is 3.24. The summed E-state index contributed by atoms with van der Waals surface area (Å²) in [6.45, 7) is 7.27. The number of hydrogen-bond donors (Lipinski definition) is 1. The van der Waals surface area contributed by atoms with Gasteiger partial charge in [0.15, 0.2) is 0 Å². The largest absolute Gasteiger partial charge is 0.317 e. The third-order valence-electron chi connectivity index (χ3n) is 2.86. The van der Waals surface area contributed by atoms with Crippen LogP contribution in [0.15, 0.2) is 0 Å². The Balaban J connectivity index is 2.65. The van der Waals surface area contributed by atoms with Crippen molar-refractivity contribution in [2.75, 3.05) is 13.1 Å². The van der Waals surface area contributed by atoms with Crippen molar-refractivity contribution in [1.29, 1.82) is 0 Å². The van der Waals surface area contributed by atoms with E-state index in [0.29, 0.717) is 12.3 Å². The second kappa shape index (κ2) is 5.99. The number of piperidine rings is 1. The molecule has 1 fully saturated rings. The van der Waals surface area contributed by atoms with Gasteiger partial charge in [-0.25, -0.2) is 0 Å². The van der Waals surface area contributed by atoms with Crippen molar-refractivity contribution in [2.24, 2.45) is 5.92 Å². The summed E-state index contributed by atoms with van der Waals surface area (Å²) in [6, 6.07) is 0.102. The van der Waals surface area contributed by atoms with Gasteiger partial charge in [-0.2, -0.15) is 0 Å². The van der Waals surface area contributed by atoms with Crippen LogP contribution in [-0.4, -0.2) is 35.8 Å². The van der Waals surface area contributed by atoms with Crippen LogP contribution >= 0.6 is 0 Å². The normalized spacial score (nSPS) is 17.5. The molecule has 0 bridgehead atoms. The van der Waals surface area contributed by atoms with E-state index in [2.05, 4.69) is 5.32 Å². The van der Waals surface area contributed by atoms with Gasteiger partial charge in [0.25, 0.3) is 0 Å². The van der Waals surface area contributed by atoms with Gasteiger partial charge in [0.1, 0.15) is 0 Å². The zero-order chi connectivity index (χ0) is 12.1. The van der Waals surface area contributed by atoms with Gasteiger partial charge < -0.3 is 5.32 Å². The molecule has 0 unspecified atom stereocenters. The van der Waals surface area contributed by atoms with E-state index < -0.39 is 0 Å². The maximum Gasteiger partial charge on any atom is 0.229 e. The fourth-order valence-corrected chi connectivity index (χ4v) is 2.15. The Labute approximate surface area is 97.4 Å². The molecule has 0 atom stereocenters. The zero-order valence-electron chi connectivity index (χ0n) is 10.5. The Hall–Kier alpha value is -0.900. The third kappa shape index (κ3) is 3.59. The lowest BCUT2D eigenvalue weighted by Gasteiger charge is -2.32. The van der Waals surface area contributed by atoms with Crippen LogP contribution in [0.2, 0.25) is 0 Å². The van der Waals surface area contributed by atoms with Crippen LogP contribution in [0.25, 0.3) is 0 Å². The number of hydrogen-bond acceptors (Lipinski definition) is 3. The first-order valence-electron chi connectivity index (χ1n) is 6.05. The molecule has 4 heteroatoms. The number of carbonyl (C=O) groups excluding carboxylic acids is 2. The molecule has 1 rings (SSSR count). The molecule has 92 valence electrons. The lowest BCUT2D eigenvalue weighted by atomic mass is 10.0. The first-order valence-corrected chi connectivity index (χ1v) is 6.05. The van der Waals surface area contributed by atoms with Gasteiger partial charge in [0, 0.05) is 19.4 Å². The highest BCUT2D eigenvalue weighted by Crippen LogP contribution is 2.15. The molecule has 0 aromatic carbocycles. The molecule has 1 saturated heterocycles. The molecule has 0 aromatic rings. The van der Waals surface area contributed by atoms with Gasteiger partial charge >= 0.3 is 0 Å². The van der Waals surface area contributed by atoms with Crippen molar-refractivity contribution >= 4 is 11.8 Å². The highest BCUT2D eigenvalue weighted by molar-refractivity contribution is 5.94. The Bertz CT molecular complexity index is 258. The highest BCUT2D eigenvalue weighted by atomic mass is 16.2. The van der Waals surface area contributed by atoms with Gasteiger partial charge in [-0.3, -0.25) is 14.5 Å². The van der Waals surface area contributed by atoms with E-state index in [0.717, 1.165) is 25.9 Å². The van der Waals surface area contributed by atoms with Crippen molar-refractivity contribution in [3.63, 3.8) is 0 Å². The molecule has 1 heterocycles. The summed E-state index contributed by atoms with van der Waals surface area (Å²) in [6.07, 6.45) is 2.22. The minimum absolute atomic E-state index is 0.0191. The van der Waals surface area contributed by atoms with Crippen LogP contribution in [-0.2, 0) is 9.59 Å². The number of amides is 2. The van der Waals surface area contributed by atoms with E-state index in [4.69, 9.17) is 0 Å². The van der Waals surface area contributed by atoms with Crippen molar-refractivity contribution in [2.45, 2.75) is 46.1 Å². The number of rotatable bonds is 3. The molecule has 4 nitrogen and oxygen atoms in total. The number of nitrogens with zero attached hydrogens (tertiary/aromatic N) is 1. The Morgan fingerprint density at radius 2 is 1.88 bits per heavy atom. The van der Waals surface area contributed by atoms with Crippen molar-refractivity contribution in [3.8, 4) is 0 Å². The molecular weight excluding hydrogens is 204 g/mol. The summed E-state index contributed by atoms with van der Waals surface area (Å²) >= 11 is 0. The lowest BCUT2D eigenvalue weighted by molar-refractivity contribution is -0.147. The van der Waals surface area contributed by atoms with Crippen molar-refractivity contribution in [3.05, 3.63) is 0 Å². The van der Waals surface area contributed by atoms with Crippen LogP contribution in [0.4, 0.5) is 0 Å². The maximum atomic E-state index is 12.0. The molecule has 0 saturated carbocycles. The minimum atomic E-state index is -0.113. The topological polar surface area (TPSA) is 49.4 Å². The van der Waals surface area contributed by atoms with Gasteiger partial charge in [-0.1, -0.05) is 13.8 Å². The standard InChI is InChI=1S/C12H22N2O2/c1-9(2)8-12(16)14(10(3)15)11-4-6-13-7-5-11/h9,11,13H,4-8H2,1-3H3. The molecule has 2 amide bonds. The Morgan fingerprint density at radius 3 is 2.31 bits per heavy atom. The van der Waals surface area contributed by atoms with E-state index in [1.165, 1.54) is 11.8 Å². The Morgan fingerprint density at radius 1 is 1.31 bits per heavy atom. The maximum absolute atomic E-state index is 12.0. The summed E-state index contributed by atoms with van der Waals surface area (Å²) in [5.74, 6) is 0.169. The molecule has 16 heavy (non-hydrogen) atoms. The SMILES string of the molecule is CC(=O)N(C(=O)CC(C)C)C1CCNCC1. The quantitative estimate of drug-likeness (QED) is 0.785. The smallest absolute Gasteiger partial charge is 0.229 e. The molecular formula is C12H22N2O2. The third-order valence-corrected chi connectivity index (χ3v) is 2.86. The van der Waals surface area contributed by atoms with E-state index >= 15 is 0 Å². The fourth-order valence-electron chi connectivity index (χ4n) is 2.15. The van der Waals surface area contributed by atoms with Crippen molar-refractivity contribution in [1.82, 2.24) is 10.2 Å². The molecule has 1 N–H and O–H groups in total. The molecule has 0 aliphatic carbocycles. The number of imide groups is 1. The number of carbonyl (C=O) groups is 2. The summed E-state index contributed by atoms with van der Waals surface area (Å²) < 4.78 is 0. The second-order valence-electron chi connectivity index (χ2n) is 4.86. The molecule has 0 aromatic heterocycles. The molecule has 1 aliphatic rings.